The largest absolute Gasteiger partial charge is 0.351 e. The number of carbonyl (C=O) groups is 2. The molecule has 1 aliphatic heterocycles. The van der Waals surface area contributed by atoms with E-state index in [9.17, 15) is 9.59 Å². The van der Waals surface area contributed by atoms with Crippen molar-refractivity contribution in [2.45, 2.75) is 90.3 Å². The second kappa shape index (κ2) is 10.5. The lowest BCUT2D eigenvalue weighted by molar-refractivity contribution is -0.127. The fourth-order valence-electron chi connectivity index (χ4n) is 5.77. The number of aryl methyl sites for hydroxylation is 2. The van der Waals surface area contributed by atoms with Crippen molar-refractivity contribution in [2.75, 3.05) is 4.90 Å². The predicted octanol–water partition coefficient (Wildman–Crippen LogP) is 6.07. The van der Waals surface area contributed by atoms with Crippen molar-refractivity contribution >= 4 is 17.5 Å². The molecule has 1 aromatic heterocycles. The van der Waals surface area contributed by atoms with Crippen LogP contribution in [0, 0.1) is 6.92 Å². The van der Waals surface area contributed by atoms with E-state index in [0.29, 0.717) is 12.2 Å². The smallest absolute Gasteiger partial charge is 0.277 e. The van der Waals surface area contributed by atoms with Gasteiger partial charge >= 0.3 is 0 Å². The van der Waals surface area contributed by atoms with Crippen LogP contribution in [0.4, 0.5) is 5.69 Å². The number of carbonyl (C=O) groups excluding carboxylic acids is 2. The monoisotopic (exact) mass is 498 g/mol. The molecule has 1 saturated carbocycles. The number of nitrogens with zero attached hydrogens (tertiary/aromatic N) is 3. The van der Waals surface area contributed by atoms with Gasteiger partial charge in [-0.1, -0.05) is 81.5 Å². The van der Waals surface area contributed by atoms with Crippen LogP contribution in [0.5, 0.6) is 0 Å². The van der Waals surface area contributed by atoms with Crippen molar-refractivity contribution in [3.8, 4) is 11.3 Å². The molecule has 194 valence electrons. The van der Waals surface area contributed by atoms with Gasteiger partial charge in [-0.15, -0.1) is 0 Å². The van der Waals surface area contributed by atoms with Gasteiger partial charge in [0.25, 0.3) is 5.91 Å². The van der Waals surface area contributed by atoms with Crippen LogP contribution >= 0.6 is 0 Å². The van der Waals surface area contributed by atoms with Crippen LogP contribution in [0.3, 0.4) is 0 Å². The van der Waals surface area contributed by atoms with E-state index in [1.165, 1.54) is 24.8 Å². The molecule has 2 aromatic carbocycles. The Morgan fingerprint density at radius 3 is 2.38 bits per heavy atom. The quantitative estimate of drug-likeness (QED) is 0.464. The van der Waals surface area contributed by atoms with E-state index in [1.807, 2.05) is 44.2 Å². The maximum absolute atomic E-state index is 14.1. The number of fused-ring (bicyclic) bond motifs is 1. The molecular weight excluding hydrogens is 460 g/mol. The molecule has 0 bridgehead atoms. The van der Waals surface area contributed by atoms with Gasteiger partial charge in [-0.2, -0.15) is 5.10 Å². The Balaban J connectivity index is 1.52. The molecule has 0 unspecified atom stereocenters. The maximum Gasteiger partial charge on any atom is 0.277 e. The summed E-state index contributed by atoms with van der Waals surface area (Å²) < 4.78 is 1.73. The van der Waals surface area contributed by atoms with Gasteiger partial charge in [0.15, 0.2) is 0 Å². The van der Waals surface area contributed by atoms with Gasteiger partial charge in [0, 0.05) is 17.3 Å². The van der Waals surface area contributed by atoms with E-state index in [1.54, 1.807) is 9.58 Å². The molecule has 2 aliphatic rings. The second-order valence-electron chi connectivity index (χ2n) is 10.8. The molecule has 6 heteroatoms. The average molecular weight is 499 g/mol. The van der Waals surface area contributed by atoms with Crippen LogP contribution in [0.1, 0.15) is 80.4 Å². The van der Waals surface area contributed by atoms with Gasteiger partial charge in [-0.25, -0.2) is 0 Å². The zero-order chi connectivity index (χ0) is 26.0. The minimum Gasteiger partial charge on any atom is -0.351 e. The Morgan fingerprint density at radius 1 is 1.03 bits per heavy atom. The summed E-state index contributed by atoms with van der Waals surface area (Å²) in [6.07, 6.45) is 8.93. The third kappa shape index (κ3) is 4.94. The number of benzene rings is 2. The van der Waals surface area contributed by atoms with Crippen molar-refractivity contribution in [3.05, 3.63) is 71.4 Å². The summed E-state index contributed by atoms with van der Waals surface area (Å²) in [7, 11) is 0. The number of hydrogen-bond acceptors (Lipinski definition) is 3. The first-order chi connectivity index (χ1) is 17.9. The molecular formula is C31H38N4O2. The summed E-state index contributed by atoms with van der Waals surface area (Å²) in [6.45, 7) is 6.30. The van der Waals surface area contributed by atoms with Crippen LogP contribution < -0.4 is 10.2 Å². The van der Waals surface area contributed by atoms with E-state index in [0.717, 1.165) is 54.6 Å². The summed E-state index contributed by atoms with van der Waals surface area (Å²) >= 11 is 0. The van der Waals surface area contributed by atoms with Gasteiger partial charge in [0.2, 0.25) is 5.91 Å². The normalized spacial score (nSPS) is 20.7. The van der Waals surface area contributed by atoms with Crippen molar-refractivity contribution in [1.29, 1.82) is 0 Å². The number of amides is 2. The summed E-state index contributed by atoms with van der Waals surface area (Å²) in [4.78, 5) is 29.9. The van der Waals surface area contributed by atoms with Crippen LogP contribution in [-0.2, 0) is 17.8 Å². The number of aromatic nitrogens is 2. The van der Waals surface area contributed by atoms with E-state index < -0.39 is 5.54 Å². The first-order valence-corrected chi connectivity index (χ1v) is 13.8. The van der Waals surface area contributed by atoms with E-state index in [2.05, 4.69) is 36.5 Å². The summed E-state index contributed by atoms with van der Waals surface area (Å²) in [5, 5.41) is 8.16. The van der Waals surface area contributed by atoms with Crippen LogP contribution in [0.2, 0.25) is 0 Å². The van der Waals surface area contributed by atoms with E-state index >= 15 is 0 Å². The molecule has 1 aliphatic carbocycles. The lowest BCUT2D eigenvalue weighted by Crippen LogP contribution is -2.65. The van der Waals surface area contributed by atoms with Crippen molar-refractivity contribution in [3.63, 3.8) is 0 Å². The summed E-state index contributed by atoms with van der Waals surface area (Å²) in [6, 6.07) is 18.1. The highest BCUT2D eigenvalue weighted by Gasteiger charge is 2.49. The molecule has 0 saturated heterocycles. The van der Waals surface area contributed by atoms with E-state index in [4.69, 9.17) is 5.10 Å². The van der Waals surface area contributed by atoms with Crippen molar-refractivity contribution in [1.82, 2.24) is 15.1 Å². The second-order valence-corrected chi connectivity index (χ2v) is 10.8. The Hall–Kier alpha value is -3.41. The number of para-hydroxylation sites is 1. The number of nitrogens with one attached hydrogen (secondary N) is 1. The first kappa shape index (κ1) is 25.2. The molecule has 37 heavy (non-hydrogen) atoms. The lowest BCUT2D eigenvalue weighted by atomic mass is 9.91. The number of hydrogen-bond donors (Lipinski definition) is 1. The molecule has 1 N–H and O–H groups in total. The van der Waals surface area contributed by atoms with Gasteiger partial charge < -0.3 is 5.32 Å². The van der Waals surface area contributed by atoms with Gasteiger partial charge in [0.1, 0.15) is 11.2 Å². The molecule has 2 heterocycles. The SMILES string of the molecule is CCc1ccc(-c2cc3n(n2)C[C@@](C)(C(=O)NC2CCCCCCC2)N(c2ccccc2C)C3=O)cc1. The highest BCUT2D eigenvalue weighted by molar-refractivity contribution is 6.12. The molecule has 2 amide bonds. The topological polar surface area (TPSA) is 67.2 Å². The number of rotatable bonds is 5. The van der Waals surface area contributed by atoms with Crippen molar-refractivity contribution in [2.24, 2.45) is 0 Å². The highest BCUT2D eigenvalue weighted by atomic mass is 16.2. The van der Waals surface area contributed by atoms with Crippen LogP contribution in [-0.4, -0.2) is 33.2 Å². The van der Waals surface area contributed by atoms with Crippen LogP contribution in [0.15, 0.2) is 54.6 Å². The van der Waals surface area contributed by atoms with Gasteiger partial charge in [-0.05, 0) is 56.4 Å². The Bertz CT molecular complexity index is 1270. The lowest BCUT2D eigenvalue weighted by Gasteiger charge is -2.44. The molecule has 0 spiro atoms. The summed E-state index contributed by atoms with van der Waals surface area (Å²) in [5.74, 6) is -0.301. The van der Waals surface area contributed by atoms with Crippen LogP contribution in [0.25, 0.3) is 11.3 Å². The fraction of sp³-hybridized carbons (Fsp3) is 0.452. The zero-order valence-electron chi connectivity index (χ0n) is 22.3. The average Bonchev–Trinajstić information content (AvgIpc) is 3.30. The van der Waals surface area contributed by atoms with Gasteiger partial charge in [0.05, 0.1) is 12.2 Å². The molecule has 3 aromatic rings. The zero-order valence-corrected chi connectivity index (χ0v) is 22.3. The standard InChI is InChI=1S/C31H38N4O2/c1-4-23-16-18-24(19-17-23)26-20-28-29(36)35(27-15-11-10-12-22(27)2)31(3,21-34(28)33-26)30(37)32-25-13-8-6-5-7-9-14-25/h10-12,15-20,25H,4-9,13-14,21H2,1-3H3,(H,32,37)/t31-/m0/s1. The minimum atomic E-state index is -1.10. The molecule has 0 radical (unpaired) electrons. The van der Waals surface area contributed by atoms with E-state index in [-0.39, 0.29) is 17.9 Å². The predicted molar refractivity (Wildman–Crippen MR) is 148 cm³/mol. The fourth-order valence-corrected chi connectivity index (χ4v) is 5.77. The Labute approximate surface area is 220 Å². The third-order valence-corrected chi connectivity index (χ3v) is 8.10. The molecule has 6 nitrogen and oxygen atoms in total. The van der Waals surface area contributed by atoms with Gasteiger partial charge in [-0.3, -0.25) is 19.2 Å². The number of anilines is 1. The summed E-state index contributed by atoms with van der Waals surface area (Å²) in [5.41, 5.74) is 4.11. The highest BCUT2D eigenvalue weighted by Crippen LogP contribution is 2.36. The molecule has 5 rings (SSSR count). The Kier molecular flexibility index (Phi) is 7.18. The Morgan fingerprint density at radius 2 is 1.70 bits per heavy atom. The minimum absolute atomic E-state index is 0.107. The molecule has 1 fully saturated rings. The maximum atomic E-state index is 14.1. The third-order valence-electron chi connectivity index (χ3n) is 8.10. The first-order valence-electron chi connectivity index (χ1n) is 13.8. The van der Waals surface area contributed by atoms with Crippen molar-refractivity contribution < 1.29 is 9.59 Å². The molecule has 1 atom stereocenters.